The maximum absolute atomic E-state index is 12.7. The molecule has 0 saturated carbocycles. The van der Waals surface area contributed by atoms with E-state index in [-0.39, 0.29) is 0 Å². The highest BCUT2D eigenvalue weighted by Crippen LogP contribution is 2.38. The van der Waals surface area contributed by atoms with Crippen LogP contribution in [0.1, 0.15) is 48.0 Å². The van der Waals surface area contributed by atoms with E-state index in [1.54, 1.807) is 13.2 Å². The van der Waals surface area contributed by atoms with Crippen molar-refractivity contribution in [3.8, 4) is 17.0 Å². The second kappa shape index (κ2) is 10.6. The van der Waals surface area contributed by atoms with Crippen molar-refractivity contribution in [2.45, 2.75) is 44.7 Å². The van der Waals surface area contributed by atoms with E-state index in [0.717, 1.165) is 42.8 Å². The maximum Gasteiger partial charge on any atom is 0.336 e. The van der Waals surface area contributed by atoms with Gasteiger partial charge in [0.2, 0.25) is 0 Å². The topological polar surface area (TPSA) is 65.9 Å². The lowest BCUT2D eigenvalue weighted by Gasteiger charge is -2.40. The Hall–Kier alpha value is -2.48. The number of carbonyl (C=O) groups is 1. The Morgan fingerprint density at radius 3 is 2.43 bits per heavy atom. The van der Waals surface area contributed by atoms with Gasteiger partial charge >= 0.3 is 5.97 Å². The molecule has 3 aromatic rings. The summed E-state index contributed by atoms with van der Waals surface area (Å²) >= 11 is 3.60. The molecule has 184 valence electrons. The first kappa shape index (κ1) is 24.2. The second-order valence-corrected chi connectivity index (χ2v) is 10.4. The van der Waals surface area contributed by atoms with Crippen LogP contribution in [0, 0.1) is 0 Å². The van der Waals surface area contributed by atoms with Gasteiger partial charge in [0.1, 0.15) is 5.75 Å². The molecule has 6 nitrogen and oxygen atoms in total. The maximum atomic E-state index is 12.7. The third-order valence-corrected chi connectivity index (χ3v) is 8.25. The lowest BCUT2D eigenvalue weighted by atomic mass is 9.94. The van der Waals surface area contributed by atoms with Crippen LogP contribution in [0.25, 0.3) is 22.2 Å². The molecule has 2 fully saturated rings. The molecule has 1 N–H and O–H groups in total. The molecule has 0 radical (unpaired) electrons. The summed E-state index contributed by atoms with van der Waals surface area (Å²) in [4.78, 5) is 22.8. The Labute approximate surface area is 215 Å². The van der Waals surface area contributed by atoms with Crippen molar-refractivity contribution >= 4 is 32.8 Å². The van der Waals surface area contributed by atoms with E-state index >= 15 is 0 Å². The molecule has 0 amide bonds. The van der Waals surface area contributed by atoms with Crippen molar-refractivity contribution in [1.29, 1.82) is 0 Å². The van der Waals surface area contributed by atoms with Gasteiger partial charge in [-0.15, -0.1) is 0 Å². The first-order valence-electron chi connectivity index (χ1n) is 12.5. The number of ether oxygens (including phenoxy) is 1. The highest BCUT2D eigenvalue weighted by molar-refractivity contribution is 9.10. The molecule has 35 heavy (non-hydrogen) atoms. The quantitative estimate of drug-likeness (QED) is 0.427. The number of hydrogen-bond donors (Lipinski definition) is 1. The van der Waals surface area contributed by atoms with E-state index in [1.165, 1.54) is 32.4 Å². The second-order valence-electron chi connectivity index (χ2n) is 9.57. The van der Waals surface area contributed by atoms with Gasteiger partial charge in [-0.2, -0.15) is 0 Å². The molecule has 2 aliphatic rings. The number of methoxy groups -OCH3 is 1. The van der Waals surface area contributed by atoms with E-state index in [0.29, 0.717) is 39.3 Å². The molecular formula is C28H32BrN3O3. The summed E-state index contributed by atoms with van der Waals surface area (Å²) in [5, 5.41) is 11.0. The third kappa shape index (κ3) is 4.95. The zero-order valence-electron chi connectivity index (χ0n) is 20.2. The predicted octanol–water partition coefficient (Wildman–Crippen LogP) is 5.82. The van der Waals surface area contributed by atoms with Crippen molar-refractivity contribution in [3.05, 3.63) is 58.1 Å². The fourth-order valence-electron chi connectivity index (χ4n) is 5.66. The van der Waals surface area contributed by atoms with Crippen LogP contribution in [0.5, 0.6) is 5.75 Å². The molecule has 7 heteroatoms. The van der Waals surface area contributed by atoms with E-state index < -0.39 is 5.97 Å². The van der Waals surface area contributed by atoms with Crippen molar-refractivity contribution in [1.82, 2.24) is 14.8 Å². The minimum Gasteiger partial charge on any atom is -0.495 e. The molecule has 2 aliphatic heterocycles. The van der Waals surface area contributed by atoms with Crippen LogP contribution in [0.3, 0.4) is 0 Å². The van der Waals surface area contributed by atoms with Gasteiger partial charge < -0.3 is 14.7 Å². The van der Waals surface area contributed by atoms with Crippen molar-refractivity contribution in [2.24, 2.45) is 0 Å². The Balaban J connectivity index is 1.53. The van der Waals surface area contributed by atoms with Gasteiger partial charge in [-0.25, -0.2) is 9.78 Å². The summed E-state index contributed by atoms with van der Waals surface area (Å²) in [5.41, 5.74) is 3.36. The number of piperidine rings is 2. The third-order valence-electron chi connectivity index (χ3n) is 7.49. The molecular weight excluding hydrogens is 506 g/mol. The van der Waals surface area contributed by atoms with Gasteiger partial charge in [0.15, 0.2) is 0 Å². The zero-order valence-corrected chi connectivity index (χ0v) is 21.8. The molecule has 0 bridgehead atoms. The minimum atomic E-state index is -0.926. The van der Waals surface area contributed by atoms with E-state index in [2.05, 4.69) is 25.7 Å². The predicted molar refractivity (Wildman–Crippen MR) is 142 cm³/mol. The summed E-state index contributed by atoms with van der Waals surface area (Å²) in [7, 11) is 1.60. The number of aromatic nitrogens is 1. The summed E-state index contributed by atoms with van der Waals surface area (Å²) in [6.07, 6.45) is 6.24. The number of nitrogens with zero attached hydrogens (tertiary/aromatic N) is 3. The van der Waals surface area contributed by atoms with Gasteiger partial charge in [0, 0.05) is 29.1 Å². The van der Waals surface area contributed by atoms with Crippen LogP contribution < -0.4 is 4.74 Å². The molecule has 2 saturated heterocycles. The number of carboxylic acid groups (broad SMARTS) is 1. The van der Waals surface area contributed by atoms with Crippen molar-refractivity contribution in [2.75, 3.05) is 33.3 Å². The number of pyridine rings is 1. The number of benzene rings is 2. The Morgan fingerprint density at radius 1 is 1.06 bits per heavy atom. The van der Waals surface area contributed by atoms with E-state index in [9.17, 15) is 9.90 Å². The van der Waals surface area contributed by atoms with Crippen LogP contribution in [-0.4, -0.2) is 65.2 Å². The van der Waals surface area contributed by atoms with Crippen LogP contribution in [0.4, 0.5) is 0 Å². The molecule has 5 rings (SSSR count). The molecule has 1 aromatic heterocycles. The average molecular weight is 538 g/mol. The van der Waals surface area contributed by atoms with E-state index in [1.807, 2.05) is 36.4 Å². The van der Waals surface area contributed by atoms with Gasteiger partial charge in [-0.3, -0.25) is 4.90 Å². The smallest absolute Gasteiger partial charge is 0.336 e. The first-order valence-corrected chi connectivity index (χ1v) is 13.3. The SMILES string of the molecule is COc1ccc2c(C(=O)O)c(CN3CCC(N4CCCCC4)CC3)c(-c3ccccc3)nc2c1Br. The highest BCUT2D eigenvalue weighted by atomic mass is 79.9. The van der Waals surface area contributed by atoms with Crippen molar-refractivity contribution < 1.29 is 14.6 Å². The van der Waals surface area contributed by atoms with Gasteiger partial charge in [-0.1, -0.05) is 36.8 Å². The van der Waals surface area contributed by atoms with Crippen LogP contribution in [-0.2, 0) is 6.54 Å². The number of hydrogen-bond acceptors (Lipinski definition) is 5. The molecule has 2 aromatic carbocycles. The Kier molecular flexibility index (Phi) is 7.37. The average Bonchev–Trinajstić information content (AvgIpc) is 2.90. The zero-order chi connectivity index (χ0) is 24.4. The number of aromatic carboxylic acids is 1. The fourth-order valence-corrected chi connectivity index (χ4v) is 6.25. The standard InChI is InChI=1S/C28H32BrN3O3/c1-35-23-11-10-21-24(28(33)34)22(26(30-27(21)25(23)29)19-8-4-2-5-9-19)18-31-16-12-20(13-17-31)32-14-6-3-7-15-32/h2,4-5,8-11,20H,3,6-7,12-18H2,1H3,(H,33,34). The summed E-state index contributed by atoms with van der Waals surface area (Å²) in [6, 6.07) is 14.2. The normalized spacial score (nSPS) is 18.1. The lowest BCUT2D eigenvalue weighted by molar-refractivity contribution is 0.0692. The highest BCUT2D eigenvalue weighted by Gasteiger charge is 2.29. The summed E-state index contributed by atoms with van der Waals surface area (Å²) < 4.78 is 6.14. The fraction of sp³-hybridized carbons (Fsp3) is 0.429. The number of rotatable bonds is 6. The number of carboxylic acids is 1. The molecule has 0 spiro atoms. The van der Waals surface area contributed by atoms with Crippen LogP contribution >= 0.6 is 15.9 Å². The molecule has 3 heterocycles. The number of halogens is 1. The molecule has 0 unspecified atom stereocenters. The Morgan fingerprint density at radius 2 is 1.77 bits per heavy atom. The number of fused-ring (bicyclic) bond motifs is 1. The molecule has 0 atom stereocenters. The van der Waals surface area contributed by atoms with Crippen LogP contribution in [0.15, 0.2) is 46.9 Å². The van der Waals surface area contributed by atoms with Gasteiger partial charge in [0.25, 0.3) is 0 Å². The minimum absolute atomic E-state index is 0.329. The first-order chi connectivity index (χ1) is 17.1. The summed E-state index contributed by atoms with van der Waals surface area (Å²) in [5.74, 6) is -0.294. The van der Waals surface area contributed by atoms with Crippen LogP contribution in [0.2, 0.25) is 0 Å². The van der Waals surface area contributed by atoms with Gasteiger partial charge in [-0.05, 0) is 79.9 Å². The summed E-state index contributed by atoms with van der Waals surface area (Å²) in [6.45, 7) is 4.96. The van der Waals surface area contributed by atoms with E-state index in [4.69, 9.17) is 9.72 Å². The monoisotopic (exact) mass is 537 g/mol. The number of likely N-dealkylation sites (tertiary alicyclic amines) is 2. The Bertz CT molecular complexity index is 1200. The molecule has 0 aliphatic carbocycles. The van der Waals surface area contributed by atoms with Crippen molar-refractivity contribution in [3.63, 3.8) is 0 Å². The largest absolute Gasteiger partial charge is 0.495 e. The lowest BCUT2D eigenvalue weighted by Crippen LogP contribution is -2.46. The van der Waals surface area contributed by atoms with Gasteiger partial charge in [0.05, 0.1) is 28.4 Å².